The first kappa shape index (κ1) is 29.7. The molecule has 0 unspecified atom stereocenters. The van der Waals surface area contributed by atoms with Crippen molar-refractivity contribution in [1.82, 2.24) is 19.6 Å². The molecule has 1 aliphatic rings. The summed E-state index contributed by atoms with van der Waals surface area (Å²) in [6.07, 6.45) is 9.69. The molecule has 1 aliphatic heterocycles. The van der Waals surface area contributed by atoms with E-state index in [-0.39, 0.29) is 24.3 Å². The minimum atomic E-state index is -3.48. The van der Waals surface area contributed by atoms with Crippen LogP contribution in [0.5, 0.6) is 0 Å². The Kier molecular flexibility index (Phi) is 9.58. The van der Waals surface area contributed by atoms with Gasteiger partial charge < -0.3 is 4.98 Å². The number of aromatic amines is 1. The lowest BCUT2D eigenvalue weighted by Gasteiger charge is -2.26. The highest BCUT2D eigenvalue weighted by atomic mass is 35.5. The molecule has 0 amide bonds. The van der Waals surface area contributed by atoms with E-state index in [0.29, 0.717) is 4.90 Å². The fourth-order valence-electron chi connectivity index (χ4n) is 5.00. The van der Waals surface area contributed by atoms with Crippen LogP contribution in [0.15, 0.2) is 90.2 Å². The average Bonchev–Trinajstić information content (AvgIpc) is 3.38. The summed E-state index contributed by atoms with van der Waals surface area (Å²) < 4.78 is 40.9. The van der Waals surface area contributed by atoms with Gasteiger partial charge in [-0.15, -0.1) is 12.4 Å². The summed E-state index contributed by atoms with van der Waals surface area (Å²) in [6, 6.07) is 17.6. The van der Waals surface area contributed by atoms with Crippen molar-refractivity contribution < 1.29 is 12.8 Å². The summed E-state index contributed by atoms with van der Waals surface area (Å²) in [4.78, 5) is 10.3. The summed E-state index contributed by atoms with van der Waals surface area (Å²) in [5.74, 6) is -0.254. The van der Waals surface area contributed by atoms with Gasteiger partial charge in [-0.2, -0.15) is 0 Å². The summed E-state index contributed by atoms with van der Waals surface area (Å²) in [6.45, 7) is 6.29. The fraction of sp³-hybridized carbons (Fsp3) is 0.258. The van der Waals surface area contributed by atoms with Gasteiger partial charge in [0.15, 0.2) is 0 Å². The third-order valence-electron chi connectivity index (χ3n) is 6.96. The van der Waals surface area contributed by atoms with Gasteiger partial charge in [0.1, 0.15) is 5.82 Å². The Labute approximate surface area is 241 Å². The van der Waals surface area contributed by atoms with E-state index in [0.717, 1.165) is 66.0 Å². The number of aromatic nitrogens is 2. The van der Waals surface area contributed by atoms with Crippen molar-refractivity contribution in [3.05, 3.63) is 102 Å². The Bertz CT molecular complexity index is 1550. The summed E-state index contributed by atoms with van der Waals surface area (Å²) in [5, 5.41) is 0. The Morgan fingerprint density at radius 2 is 1.70 bits per heavy atom. The zero-order valence-electron chi connectivity index (χ0n) is 22.6. The van der Waals surface area contributed by atoms with E-state index in [1.165, 1.54) is 17.7 Å². The molecule has 2 aromatic heterocycles. The molecule has 0 bridgehead atoms. The lowest BCUT2D eigenvalue weighted by atomic mass is 9.92. The van der Waals surface area contributed by atoms with E-state index in [1.807, 2.05) is 38.1 Å². The van der Waals surface area contributed by atoms with Gasteiger partial charge in [0.2, 0.25) is 10.0 Å². The van der Waals surface area contributed by atoms with Gasteiger partial charge in [-0.05, 0) is 97.5 Å². The van der Waals surface area contributed by atoms with E-state index in [2.05, 4.69) is 31.9 Å². The number of nitrogens with zero attached hydrogens (tertiary/aromatic N) is 2. The number of hydrogen-bond acceptors (Lipinski definition) is 4. The van der Waals surface area contributed by atoms with Crippen LogP contribution in [0.2, 0.25) is 0 Å². The summed E-state index contributed by atoms with van der Waals surface area (Å²) in [7, 11) is -3.48. The van der Waals surface area contributed by atoms with Crippen molar-refractivity contribution >= 4 is 28.0 Å². The zero-order chi connectivity index (χ0) is 27.4. The van der Waals surface area contributed by atoms with E-state index >= 15 is 0 Å². The second kappa shape index (κ2) is 12.9. The minimum Gasteiger partial charge on any atom is -0.360 e. The highest BCUT2D eigenvalue weighted by Crippen LogP contribution is 2.39. The predicted octanol–water partition coefficient (Wildman–Crippen LogP) is 6.32. The maximum absolute atomic E-state index is 13.6. The van der Waals surface area contributed by atoms with E-state index in [9.17, 15) is 12.8 Å². The van der Waals surface area contributed by atoms with Crippen LogP contribution in [-0.4, -0.2) is 49.0 Å². The second-order valence-corrected chi connectivity index (χ2v) is 11.9. The topological polar surface area (TPSA) is 78.1 Å². The van der Waals surface area contributed by atoms with Gasteiger partial charge in [0.25, 0.3) is 0 Å². The SMILES string of the molecule is CC(C)NS(=O)(=O)c1ccc(CCN2CC=C(c3c[nH]c(-c4ccc(F)cc4)c3-c3ccncc3)CC2)cc1.Cl. The van der Waals surface area contributed by atoms with Crippen molar-refractivity contribution in [2.24, 2.45) is 0 Å². The van der Waals surface area contributed by atoms with Crippen LogP contribution in [0.1, 0.15) is 31.4 Å². The van der Waals surface area contributed by atoms with Gasteiger partial charge in [0, 0.05) is 55.4 Å². The molecule has 5 rings (SSSR count). The molecule has 2 aromatic carbocycles. The van der Waals surface area contributed by atoms with Crippen LogP contribution in [-0.2, 0) is 16.4 Å². The Balaban J connectivity index is 0.00000370. The first-order valence-corrected chi connectivity index (χ1v) is 14.7. The monoisotopic (exact) mass is 580 g/mol. The van der Waals surface area contributed by atoms with Crippen molar-refractivity contribution in [3.8, 4) is 22.4 Å². The fourth-order valence-corrected chi connectivity index (χ4v) is 6.25. The molecule has 210 valence electrons. The first-order chi connectivity index (χ1) is 18.8. The molecule has 0 radical (unpaired) electrons. The highest BCUT2D eigenvalue weighted by Gasteiger charge is 2.21. The molecular formula is C31H34ClFN4O2S. The molecule has 0 saturated carbocycles. The van der Waals surface area contributed by atoms with Crippen molar-refractivity contribution in [2.45, 2.75) is 37.6 Å². The smallest absolute Gasteiger partial charge is 0.240 e. The number of sulfonamides is 1. The van der Waals surface area contributed by atoms with E-state index in [4.69, 9.17) is 0 Å². The summed E-state index contributed by atoms with van der Waals surface area (Å²) in [5.41, 5.74) is 7.63. The number of nitrogens with one attached hydrogen (secondary N) is 2. The van der Waals surface area contributed by atoms with Gasteiger partial charge in [-0.1, -0.05) is 18.2 Å². The predicted molar refractivity (Wildman–Crippen MR) is 161 cm³/mol. The lowest BCUT2D eigenvalue weighted by Crippen LogP contribution is -2.31. The number of halogens is 2. The van der Waals surface area contributed by atoms with E-state index in [1.54, 1.807) is 36.7 Å². The Hall–Kier alpha value is -3.30. The van der Waals surface area contributed by atoms with Crippen LogP contribution >= 0.6 is 12.4 Å². The van der Waals surface area contributed by atoms with Crippen LogP contribution < -0.4 is 4.72 Å². The second-order valence-electron chi connectivity index (χ2n) is 10.1. The van der Waals surface area contributed by atoms with Crippen molar-refractivity contribution in [3.63, 3.8) is 0 Å². The summed E-state index contributed by atoms with van der Waals surface area (Å²) >= 11 is 0. The normalized spacial score (nSPS) is 14.2. The lowest BCUT2D eigenvalue weighted by molar-refractivity contribution is 0.306. The maximum atomic E-state index is 13.6. The van der Waals surface area contributed by atoms with Gasteiger partial charge in [0.05, 0.1) is 10.6 Å². The average molecular weight is 581 g/mol. The molecule has 0 saturated heterocycles. The van der Waals surface area contributed by atoms with Crippen LogP contribution in [0.25, 0.3) is 28.0 Å². The Morgan fingerprint density at radius 3 is 2.33 bits per heavy atom. The van der Waals surface area contributed by atoms with Gasteiger partial charge in [-0.25, -0.2) is 17.5 Å². The number of hydrogen-bond donors (Lipinski definition) is 2. The molecule has 6 nitrogen and oxygen atoms in total. The third kappa shape index (κ3) is 6.88. The molecule has 0 fully saturated rings. The number of rotatable bonds is 9. The molecule has 2 N–H and O–H groups in total. The van der Waals surface area contributed by atoms with Crippen LogP contribution in [0.4, 0.5) is 4.39 Å². The molecule has 40 heavy (non-hydrogen) atoms. The third-order valence-corrected chi connectivity index (χ3v) is 8.64. The maximum Gasteiger partial charge on any atom is 0.240 e. The van der Waals surface area contributed by atoms with Gasteiger partial charge in [-0.3, -0.25) is 9.88 Å². The van der Waals surface area contributed by atoms with Gasteiger partial charge >= 0.3 is 0 Å². The number of benzene rings is 2. The molecule has 3 heterocycles. The van der Waals surface area contributed by atoms with Crippen LogP contribution in [0.3, 0.4) is 0 Å². The molecule has 0 spiro atoms. The molecule has 0 atom stereocenters. The first-order valence-electron chi connectivity index (χ1n) is 13.2. The molecule has 4 aromatic rings. The highest BCUT2D eigenvalue weighted by molar-refractivity contribution is 7.89. The standard InChI is InChI=1S/C31H33FN4O2S.ClH/c1-22(2)35-39(37,38)28-9-3-23(4-10-28)13-18-36-19-14-24(15-20-36)29-21-34-31(26-5-7-27(32)8-6-26)30(29)25-11-16-33-17-12-25;/h3-12,14,16-17,21-22,34-35H,13,15,18-20H2,1-2H3;1H. The molecule has 0 aliphatic carbocycles. The number of H-pyrrole nitrogens is 1. The largest absolute Gasteiger partial charge is 0.360 e. The molecular weight excluding hydrogens is 547 g/mol. The number of pyridine rings is 1. The Morgan fingerprint density at radius 1 is 1.00 bits per heavy atom. The van der Waals surface area contributed by atoms with Crippen molar-refractivity contribution in [2.75, 3.05) is 19.6 Å². The molecule has 9 heteroatoms. The zero-order valence-corrected chi connectivity index (χ0v) is 24.2. The quantitative estimate of drug-likeness (QED) is 0.243. The minimum absolute atomic E-state index is 0. The van der Waals surface area contributed by atoms with Crippen LogP contribution in [0, 0.1) is 5.82 Å². The van der Waals surface area contributed by atoms with Crippen molar-refractivity contribution in [1.29, 1.82) is 0 Å². The van der Waals surface area contributed by atoms with E-state index < -0.39 is 10.0 Å².